The molecule has 0 aromatic heterocycles. The molecule has 3 aromatic carbocycles. The minimum Gasteiger partial charge on any atom is -0.494 e. The fraction of sp³-hybridized carbons (Fsp3) is 0.296. The first-order valence-electron chi connectivity index (χ1n) is 11.2. The van der Waals surface area contributed by atoms with E-state index in [1.807, 2.05) is 56.3 Å². The number of carbonyl (C=O) groups is 1. The van der Waals surface area contributed by atoms with Crippen molar-refractivity contribution in [2.45, 2.75) is 37.4 Å². The van der Waals surface area contributed by atoms with E-state index in [1.165, 1.54) is 0 Å². The summed E-state index contributed by atoms with van der Waals surface area (Å²) in [6.45, 7) is 4.57. The molecule has 5 rings (SSSR count). The number of halogens is 1. The first kappa shape index (κ1) is 21.8. The lowest BCUT2D eigenvalue weighted by Gasteiger charge is -2.39. The third-order valence-corrected chi connectivity index (χ3v) is 6.83. The van der Waals surface area contributed by atoms with E-state index in [9.17, 15) is 9.90 Å². The molecule has 1 fully saturated rings. The van der Waals surface area contributed by atoms with Crippen LogP contribution in [0.5, 0.6) is 17.2 Å². The van der Waals surface area contributed by atoms with E-state index in [1.54, 1.807) is 24.3 Å². The summed E-state index contributed by atoms with van der Waals surface area (Å²) in [7, 11) is 0. The van der Waals surface area contributed by atoms with E-state index < -0.39 is 17.1 Å². The predicted octanol–water partition coefficient (Wildman–Crippen LogP) is 5.37. The summed E-state index contributed by atoms with van der Waals surface area (Å²) in [5.74, 6) is 0.595. The lowest BCUT2D eigenvalue weighted by atomic mass is 9.71. The van der Waals surface area contributed by atoms with Crippen LogP contribution in [-0.2, 0) is 16.0 Å². The molecule has 1 aliphatic heterocycles. The maximum absolute atomic E-state index is 13.7. The van der Waals surface area contributed by atoms with Gasteiger partial charge in [-0.05, 0) is 37.1 Å². The monoisotopic (exact) mass is 464 g/mol. The molecular formula is C27H25ClO5. The number of rotatable bonds is 6. The molecule has 0 amide bonds. The van der Waals surface area contributed by atoms with Crippen LogP contribution in [0.3, 0.4) is 0 Å². The fourth-order valence-electron chi connectivity index (χ4n) is 5.31. The normalized spacial score (nSPS) is 25.3. The van der Waals surface area contributed by atoms with Gasteiger partial charge in [-0.3, -0.25) is 4.79 Å². The van der Waals surface area contributed by atoms with Gasteiger partial charge in [-0.15, -0.1) is 0 Å². The highest BCUT2D eigenvalue weighted by Crippen LogP contribution is 2.67. The number of aliphatic hydroxyl groups is 1. The highest BCUT2D eigenvalue weighted by molar-refractivity contribution is 6.30. The van der Waals surface area contributed by atoms with E-state index in [0.717, 1.165) is 5.56 Å². The van der Waals surface area contributed by atoms with Crippen molar-refractivity contribution in [1.29, 1.82) is 0 Å². The van der Waals surface area contributed by atoms with Gasteiger partial charge in [0.15, 0.2) is 17.0 Å². The summed E-state index contributed by atoms with van der Waals surface area (Å²) >= 11 is 6.18. The van der Waals surface area contributed by atoms with E-state index >= 15 is 0 Å². The van der Waals surface area contributed by atoms with Crippen molar-refractivity contribution in [2.75, 3.05) is 13.2 Å². The molecule has 0 spiro atoms. The summed E-state index contributed by atoms with van der Waals surface area (Å²) in [4.78, 5) is 13.7. The van der Waals surface area contributed by atoms with Crippen LogP contribution in [0.15, 0.2) is 66.7 Å². The molecule has 1 heterocycles. The Hall–Kier alpha value is -3.02. The molecule has 33 heavy (non-hydrogen) atoms. The Balaban J connectivity index is 1.80. The minimum absolute atomic E-state index is 0.126. The summed E-state index contributed by atoms with van der Waals surface area (Å²) in [5.41, 5.74) is -1.38. The fourth-order valence-corrected chi connectivity index (χ4v) is 5.43. The molecule has 0 radical (unpaired) electrons. The van der Waals surface area contributed by atoms with Crippen LogP contribution in [0.1, 0.15) is 42.9 Å². The summed E-state index contributed by atoms with van der Waals surface area (Å²) in [6.07, 6.45) is 0.126. The second kappa shape index (κ2) is 8.08. The predicted molar refractivity (Wildman–Crippen MR) is 125 cm³/mol. The number of hydrogen-bond donors (Lipinski definition) is 1. The van der Waals surface area contributed by atoms with Gasteiger partial charge in [0.05, 0.1) is 18.8 Å². The molecule has 1 N–H and O–H groups in total. The van der Waals surface area contributed by atoms with Crippen molar-refractivity contribution < 1.29 is 24.1 Å². The number of Topliss-reactive ketones (excluding diaryl/α,β-unsaturated/α-hetero) is 1. The quantitative estimate of drug-likeness (QED) is 0.531. The lowest BCUT2D eigenvalue weighted by molar-refractivity contribution is -0.151. The number of carbonyl (C=O) groups excluding carboxylic acids is 1. The molecular weight excluding hydrogens is 440 g/mol. The van der Waals surface area contributed by atoms with Crippen molar-refractivity contribution in [3.05, 3.63) is 88.4 Å². The van der Waals surface area contributed by atoms with E-state index in [0.29, 0.717) is 46.6 Å². The molecule has 6 heteroatoms. The number of fused-ring (bicyclic) bond motifs is 3. The standard InChI is InChI=1S/C27H25ClO5/c1-3-31-20-14-22(32-4-2)25-23(15-20)33-27(18-10-12-19(28)13-11-18)21(16-24(29)26(25,27)30)17-8-6-5-7-9-17/h5-15,21,30H,3-4,16H2,1-2H3/t21-,26+,27-/m0/s1. The number of hydrogen-bond acceptors (Lipinski definition) is 5. The molecule has 1 aliphatic carbocycles. The number of benzene rings is 3. The van der Waals surface area contributed by atoms with Gasteiger partial charge in [0.25, 0.3) is 0 Å². The molecule has 0 saturated heterocycles. The average Bonchev–Trinajstić information content (AvgIpc) is 3.21. The zero-order valence-electron chi connectivity index (χ0n) is 18.5. The van der Waals surface area contributed by atoms with Gasteiger partial charge in [0.1, 0.15) is 17.2 Å². The van der Waals surface area contributed by atoms with Crippen LogP contribution in [0, 0.1) is 0 Å². The maximum Gasteiger partial charge on any atom is 0.200 e. The Morgan fingerprint density at radius 1 is 1.03 bits per heavy atom. The highest BCUT2D eigenvalue weighted by atomic mass is 35.5. The van der Waals surface area contributed by atoms with Gasteiger partial charge in [0.2, 0.25) is 0 Å². The van der Waals surface area contributed by atoms with Crippen LogP contribution < -0.4 is 14.2 Å². The third kappa shape index (κ3) is 3.06. The summed E-state index contributed by atoms with van der Waals surface area (Å²) in [5, 5.41) is 12.9. The second-order valence-corrected chi connectivity index (χ2v) is 8.74. The van der Waals surface area contributed by atoms with Crippen molar-refractivity contribution in [2.24, 2.45) is 0 Å². The molecule has 170 valence electrons. The van der Waals surface area contributed by atoms with Crippen LogP contribution in [0.25, 0.3) is 0 Å². The average molecular weight is 465 g/mol. The molecule has 2 aliphatic rings. The number of ether oxygens (including phenoxy) is 3. The van der Waals surface area contributed by atoms with Gasteiger partial charge < -0.3 is 19.3 Å². The van der Waals surface area contributed by atoms with Crippen LogP contribution in [0.2, 0.25) is 5.02 Å². The van der Waals surface area contributed by atoms with Crippen molar-refractivity contribution in [3.63, 3.8) is 0 Å². The SMILES string of the molecule is CCOc1cc(OCC)c2c(c1)O[C@@]1(c3ccc(Cl)cc3)[C@H](c3ccccc3)CC(=O)[C@@]21O. The van der Waals surface area contributed by atoms with E-state index in [-0.39, 0.29) is 12.2 Å². The Morgan fingerprint density at radius 3 is 2.39 bits per heavy atom. The Labute approximate surface area is 197 Å². The van der Waals surface area contributed by atoms with Crippen LogP contribution >= 0.6 is 11.6 Å². The largest absolute Gasteiger partial charge is 0.494 e. The lowest BCUT2D eigenvalue weighted by Crippen LogP contribution is -2.50. The van der Waals surface area contributed by atoms with E-state index in [2.05, 4.69) is 0 Å². The Morgan fingerprint density at radius 2 is 1.73 bits per heavy atom. The molecule has 3 aromatic rings. The Kier molecular flexibility index (Phi) is 5.34. The van der Waals surface area contributed by atoms with Gasteiger partial charge >= 0.3 is 0 Å². The zero-order valence-corrected chi connectivity index (χ0v) is 19.3. The zero-order chi connectivity index (χ0) is 23.2. The van der Waals surface area contributed by atoms with Gasteiger partial charge in [0, 0.05) is 29.5 Å². The van der Waals surface area contributed by atoms with Crippen LogP contribution in [-0.4, -0.2) is 24.1 Å². The maximum atomic E-state index is 13.7. The van der Waals surface area contributed by atoms with Crippen LogP contribution in [0.4, 0.5) is 0 Å². The Bertz CT molecular complexity index is 1190. The molecule has 5 nitrogen and oxygen atoms in total. The smallest absolute Gasteiger partial charge is 0.200 e. The topological polar surface area (TPSA) is 65.0 Å². The van der Waals surface area contributed by atoms with Gasteiger partial charge in [-0.2, -0.15) is 0 Å². The molecule has 3 atom stereocenters. The van der Waals surface area contributed by atoms with E-state index in [4.69, 9.17) is 25.8 Å². The minimum atomic E-state index is -1.94. The highest BCUT2D eigenvalue weighted by Gasteiger charge is 2.74. The summed E-state index contributed by atoms with van der Waals surface area (Å²) in [6, 6.07) is 20.3. The molecule has 1 saturated carbocycles. The van der Waals surface area contributed by atoms with Gasteiger partial charge in [-0.25, -0.2) is 0 Å². The van der Waals surface area contributed by atoms with Crippen molar-refractivity contribution in [3.8, 4) is 17.2 Å². The summed E-state index contributed by atoms with van der Waals surface area (Å²) < 4.78 is 18.3. The second-order valence-electron chi connectivity index (χ2n) is 8.31. The first-order chi connectivity index (χ1) is 16.0. The van der Waals surface area contributed by atoms with Gasteiger partial charge in [-0.1, -0.05) is 54.1 Å². The molecule has 0 bridgehead atoms. The molecule has 0 unspecified atom stereocenters. The first-order valence-corrected chi connectivity index (χ1v) is 11.5. The number of ketones is 1. The third-order valence-electron chi connectivity index (χ3n) is 6.58. The van der Waals surface area contributed by atoms with Crippen molar-refractivity contribution >= 4 is 17.4 Å². The van der Waals surface area contributed by atoms with Crippen molar-refractivity contribution in [1.82, 2.24) is 0 Å².